The van der Waals surface area contributed by atoms with Gasteiger partial charge in [0.2, 0.25) is 10.0 Å². The van der Waals surface area contributed by atoms with E-state index in [1.165, 1.54) is 0 Å². The lowest BCUT2D eigenvalue weighted by molar-refractivity contribution is 0.130. The third-order valence-electron chi connectivity index (χ3n) is 6.60. The number of hydrogen-bond donors (Lipinski definition) is 2. The molecule has 3 aromatic rings. The summed E-state index contributed by atoms with van der Waals surface area (Å²) in [4.78, 5) is 12.3. The summed E-state index contributed by atoms with van der Waals surface area (Å²) in [5.74, 6) is 0.719. The zero-order valence-electron chi connectivity index (χ0n) is 20.9. The Bertz CT molecular complexity index is 1370. The van der Waals surface area contributed by atoms with Gasteiger partial charge in [0.25, 0.3) is 0 Å². The maximum Gasteiger partial charge on any atom is 0.411 e. The van der Waals surface area contributed by atoms with Gasteiger partial charge in [0.05, 0.1) is 23.9 Å². The zero-order chi connectivity index (χ0) is 25.4. The third-order valence-corrected chi connectivity index (χ3v) is 8.19. The Morgan fingerprint density at radius 1 is 1.08 bits per heavy atom. The standard InChI is InChI=1S/C27H33N3O5S/c1-4-34-22-14-15-23-24(16-22)30(21-6-5-7-21)25(26(23)36(32,33)29-20-12-13-20)18-8-10-19(11-9-18)28-27(31)35-17(2)3/h8-11,14-17,20-21,29H,4-7,12-13H2,1-3H3,(H,28,31). The molecule has 0 bridgehead atoms. The number of rotatable bonds is 9. The summed E-state index contributed by atoms with van der Waals surface area (Å²) in [6.45, 7) is 6.04. The van der Waals surface area contributed by atoms with Crippen LogP contribution in [0.5, 0.6) is 5.75 Å². The van der Waals surface area contributed by atoms with E-state index in [9.17, 15) is 13.2 Å². The monoisotopic (exact) mass is 511 g/mol. The van der Waals surface area contributed by atoms with E-state index in [0.717, 1.165) is 48.9 Å². The molecule has 0 spiro atoms. The fraction of sp³-hybridized carbons (Fsp3) is 0.444. The predicted octanol–water partition coefficient (Wildman–Crippen LogP) is 5.83. The Morgan fingerprint density at radius 3 is 2.39 bits per heavy atom. The molecule has 0 aliphatic heterocycles. The normalized spacial score (nSPS) is 16.2. The van der Waals surface area contributed by atoms with E-state index in [4.69, 9.17) is 9.47 Å². The van der Waals surface area contributed by atoms with Gasteiger partial charge in [-0.2, -0.15) is 0 Å². The van der Waals surface area contributed by atoms with E-state index in [-0.39, 0.29) is 18.2 Å². The van der Waals surface area contributed by atoms with E-state index < -0.39 is 16.1 Å². The summed E-state index contributed by atoms with van der Waals surface area (Å²) in [5.41, 5.74) is 2.89. The minimum atomic E-state index is -3.77. The SMILES string of the molecule is CCOc1ccc2c(S(=O)(=O)NC3CC3)c(-c3ccc(NC(=O)OC(C)C)cc3)n(C3CCC3)c2c1. The fourth-order valence-corrected chi connectivity index (χ4v) is 6.36. The van der Waals surface area contributed by atoms with Crippen molar-refractivity contribution in [3.05, 3.63) is 42.5 Å². The van der Waals surface area contributed by atoms with Crippen LogP contribution in [0.2, 0.25) is 0 Å². The molecule has 2 N–H and O–H groups in total. The highest BCUT2D eigenvalue weighted by Crippen LogP contribution is 2.45. The Kier molecular flexibility index (Phi) is 6.70. The van der Waals surface area contributed by atoms with Crippen molar-refractivity contribution in [1.29, 1.82) is 0 Å². The topological polar surface area (TPSA) is 98.7 Å². The number of hydrogen-bond acceptors (Lipinski definition) is 5. The summed E-state index contributed by atoms with van der Waals surface area (Å²) in [6, 6.07) is 13.1. The minimum Gasteiger partial charge on any atom is -0.494 e. The summed E-state index contributed by atoms with van der Waals surface area (Å²) in [6.07, 6.45) is 4.06. The number of nitrogens with one attached hydrogen (secondary N) is 2. The number of carbonyl (C=O) groups is 1. The van der Waals surface area contributed by atoms with Gasteiger partial charge in [-0.05, 0) is 82.7 Å². The summed E-state index contributed by atoms with van der Waals surface area (Å²) < 4.78 is 43.5. The number of ether oxygens (including phenoxy) is 2. The van der Waals surface area contributed by atoms with Crippen molar-refractivity contribution in [3.8, 4) is 17.0 Å². The Labute approximate surface area is 212 Å². The average Bonchev–Trinajstić information content (AvgIpc) is 3.52. The van der Waals surface area contributed by atoms with Crippen LogP contribution in [0.4, 0.5) is 10.5 Å². The molecule has 36 heavy (non-hydrogen) atoms. The van der Waals surface area contributed by atoms with Crippen molar-refractivity contribution >= 4 is 32.7 Å². The van der Waals surface area contributed by atoms with Crippen molar-refractivity contribution in [2.45, 2.75) is 76.0 Å². The van der Waals surface area contributed by atoms with Gasteiger partial charge in [0, 0.05) is 29.2 Å². The molecule has 2 aliphatic carbocycles. The first-order chi connectivity index (χ1) is 17.3. The third kappa shape index (κ3) is 4.95. The zero-order valence-corrected chi connectivity index (χ0v) is 21.7. The van der Waals surface area contributed by atoms with Gasteiger partial charge in [-0.25, -0.2) is 17.9 Å². The van der Waals surface area contributed by atoms with E-state index in [1.807, 2.05) is 37.3 Å². The van der Waals surface area contributed by atoms with Crippen molar-refractivity contribution in [2.24, 2.45) is 0 Å². The number of fused-ring (bicyclic) bond motifs is 1. The average molecular weight is 512 g/mol. The van der Waals surface area contributed by atoms with E-state index >= 15 is 0 Å². The molecule has 0 radical (unpaired) electrons. The van der Waals surface area contributed by atoms with Crippen LogP contribution in [-0.2, 0) is 14.8 Å². The highest BCUT2D eigenvalue weighted by Gasteiger charge is 2.36. The lowest BCUT2D eigenvalue weighted by atomic mass is 9.92. The molecule has 0 atom stereocenters. The number of sulfonamides is 1. The molecule has 2 aromatic carbocycles. The minimum absolute atomic E-state index is 0.00815. The maximum atomic E-state index is 13.7. The van der Waals surface area contributed by atoms with E-state index in [0.29, 0.717) is 28.3 Å². The van der Waals surface area contributed by atoms with Crippen LogP contribution in [0.15, 0.2) is 47.4 Å². The molecule has 2 saturated carbocycles. The second-order valence-electron chi connectivity index (χ2n) is 9.80. The van der Waals surface area contributed by atoms with Crippen LogP contribution in [0.1, 0.15) is 58.9 Å². The highest BCUT2D eigenvalue weighted by atomic mass is 32.2. The maximum absolute atomic E-state index is 13.7. The Hall–Kier alpha value is -3.04. The van der Waals surface area contributed by atoms with Gasteiger partial charge in [-0.15, -0.1) is 0 Å². The smallest absolute Gasteiger partial charge is 0.411 e. The van der Waals surface area contributed by atoms with Gasteiger partial charge in [0.1, 0.15) is 10.6 Å². The molecule has 9 heteroatoms. The van der Waals surface area contributed by atoms with Gasteiger partial charge in [-0.3, -0.25) is 5.32 Å². The van der Waals surface area contributed by atoms with Crippen LogP contribution in [-0.4, -0.2) is 37.8 Å². The van der Waals surface area contributed by atoms with Crippen molar-refractivity contribution in [2.75, 3.05) is 11.9 Å². The van der Waals surface area contributed by atoms with Crippen LogP contribution >= 0.6 is 0 Å². The van der Waals surface area contributed by atoms with Gasteiger partial charge in [0.15, 0.2) is 0 Å². The largest absolute Gasteiger partial charge is 0.494 e. The molecule has 1 aromatic heterocycles. The predicted molar refractivity (Wildman–Crippen MR) is 140 cm³/mol. The second-order valence-corrected chi connectivity index (χ2v) is 11.4. The number of carbonyl (C=O) groups excluding carboxylic acids is 1. The quantitative estimate of drug-likeness (QED) is 0.377. The summed E-state index contributed by atoms with van der Waals surface area (Å²) in [7, 11) is -3.77. The van der Waals surface area contributed by atoms with E-state index in [2.05, 4.69) is 14.6 Å². The molecule has 0 saturated heterocycles. The van der Waals surface area contributed by atoms with Crippen molar-refractivity contribution < 1.29 is 22.7 Å². The Balaban J connectivity index is 1.65. The van der Waals surface area contributed by atoms with Crippen LogP contribution in [0.25, 0.3) is 22.2 Å². The number of nitrogens with zero attached hydrogens (tertiary/aromatic N) is 1. The lowest BCUT2D eigenvalue weighted by Gasteiger charge is -2.30. The summed E-state index contributed by atoms with van der Waals surface area (Å²) >= 11 is 0. The number of amides is 1. The van der Waals surface area contributed by atoms with Crippen LogP contribution < -0.4 is 14.8 Å². The first-order valence-corrected chi connectivity index (χ1v) is 14.2. The lowest BCUT2D eigenvalue weighted by Crippen LogP contribution is -2.26. The van der Waals surface area contributed by atoms with Gasteiger partial charge < -0.3 is 14.0 Å². The molecule has 2 aliphatic rings. The fourth-order valence-electron chi connectivity index (χ4n) is 4.64. The Morgan fingerprint density at radius 2 is 1.81 bits per heavy atom. The molecule has 2 fully saturated rings. The summed E-state index contributed by atoms with van der Waals surface area (Å²) in [5, 5.41) is 3.41. The molecule has 1 amide bonds. The van der Waals surface area contributed by atoms with Crippen LogP contribution in [0, 0.1) is 0 Å². The molecular formula is C27H33N3O5S. The van der Waals surface area contributed by atoms with Gasteiger partial charge >= 0.3 is 6.09 Å². The first kappa shape index (κ1) is 24.6. The number of aromatic nitrogens is 1. The van der Waals surface area contributed by atoms with Crippen molar-refractivity contribution in [1.82, 2.24) is 9.29 Å². The van der Waals surface area contributed by atoms with Gasteiger partial charge in [-0.1, -0.05) is 12.1 Å². The van der Waals surface area contributed by atoms with Crippen molar-refractivity contribution in [3.63, 3.8) is 0 Å². The molecule has 0 unspecified atom stereocenters. The van der Waals surface area contributed by atoms with E-state index in [1.54, 1.807) is 26.0 Å². The first-order valence-electron chi connectivity index (χ1n) is 12.7. The molecule has 8 nitrogen and oxygen atoms in total. The second kappa shape index (κ2) is 9.78. The molecule has 5 rings (SSSR count). The van der Waals surface area contributed by atoms with Crippen LogP contribution in [0.3, 0.4) is 0 Å². The highest BCUT2D eigenvalue weighted by molar-refractivity contribution is 7.90. The molecule has 192 valence electrons. The molecular weight excluding hydrogens is 478 g/mol. The number of anilines is 1. The number of benzene rings is 2. The molecule has 1 heterocycles.